The summed E-state index contributed by atoms with van der Waals surface area (Å²) in [7, 11) is 0. The number of carbonyl (C=O) groups is 2. The summed E-state index contributed by atoms with van der Waals surface area (Å²) in [5.74, 6) is 0.715. The van der Waals surface area contributed by atoms with E-state index in [1.54, 1.807) is 0 Å². The molecular weight excluding hydrogens is 1100 g/mol. The van der Waals surface area contributed by atoms with Gasteiger partial charge in [-0.05, 0) is 145 Å². The van der Waals surface area contributed by atoms with Crippen molar-refractivity contribution in [2.24, 2.45) is 0 Å². The van der Waals surface area contributed by atoms with Crippen LogP contribution in [-0.2, 0) is 46.8 Å². The SMILES string of the molecule is CC(CCC(=O)[O-])(c1ccc(OCc2ccc3ccccc3n2)cc1)c1ccc(OCc2ccc3ccccc3n2)cc1.CC(CCC(=O)[O-])(c1ccc(OCc2ccc3ccccc3n2)cc1)c1ccc(OCc2ccc3ccccc3n2)cc1.[Mg+2]. The third-order valence-corrected chi connectivity index (χ3v) is 15.8. The van der Waals surface area contributed by atoms with Gasteiger partial charge in [0.2, 0.25) is 0 Å². The minimum Gasteiger partial charge on any atom is -0.550 e. The number of aliphatic carboxylic acids is 2. The van der Waals surface area contributed by atoms with E-state index in [4.69, 9.17) is 18.9 Å². The van der Waals surface area contributed by atoms with Crippen LogP contribution >= 0.6 is 0 Å². The van der Waals surface area contributed by atoms with Crippen molar-refractivity contribution < 1.29 is 38.7 Å². The van der Waals surface area contributed by atoms with Crippen molar-refractivity contribution in [3.8, 4) is 23.0 Å². The number of fused-ring (bicyclic) bond motifs is 4. The van der Waals surface area contributed by atoms with Crippen LogP contribution in [0.25, 0.3) is 43.6 Å². The van der Waals surface area contributed by atoms with Crippen molar-refractivity contribution in [2.45, 2.75) is 76.8 Å². The van der Waals surface area contributed by atoms with Gasteiger partial charge in [0.15, 0.2) is 0 Å². The number of ether oxygens (including phenoxy) is 4. The largest absolute Gasteiger partial charge is 2.00 e. The Hall–Kier alpha value is -9.69. The number of carboxylic acids is 2. The monoisotopic (exact) mass is 1160 g/mol. The van der Waals surface area contributed by atoms with E-state index in [2.05, 4.69) is 33.8 Å². The summed E-state index contributed by atoms with van der Waals surface area (Å²) < 4.78 is 24.1. The number of carbonyl (C=O) groups excluding carboxylic acids is 2. The molecule has 0 unspecified atom stereocenters. The number of carboxylic acid groups (broad SMARTS) is 2. The first kappa shape index (κ1) is 60.4. The second-order valence-corrected chi connectivity index (χ2v) is 21.6. The third kappa shape index (κ3) is 15.2. The molecule has 0 aliphatic rings. The van der Waals surface area contributed by atoms with Gasteiger partial charge < -0.3 is 38.7 Å². The van der Waals surface area contributed by atoms with E-state index >= 15 is 0 Å². The van der Waals surface area contributed by atoms with Gasteiger partial charge in [0.1, 0.15) is 49.4 Å². The number of pyridine rings is 4. The summed E-state index contributed by atoms with van der Waals surface area (Å²) in [6, 6.07) is 79.3. The molecule has 0 fully saturated rings. The summed E-state index contributed by atoms with van der Waals surface area (Å²) in [6.45, 7) is 5.51. The molecule has 0 aliphatic heterocycles. The van der Waals surface area contributed by atoms with Crippen LogP contribution in [0, 0.1) is 0 Å². The van der Waals surface area contributed by atoms with Crippen LogP contribution in [0.15, 0.2) is 243 Å². The number of rotatable bonds is 22. The number of hydrogen-bond acceptors (Lipinski definition) is 12. The van der Waals surface area contributed by atoms with Crippen molar-refractivity contribution in [3.63, 3.8) is 0 Å². The van der Waals surface area contributed by atoms with Crippen molar-refractivity contribution >= 4 is 78.6 Å². The van der Waals surface area contributed by atoms with Crippen LogP contribution in [0.2, 0.25) is 0 Å². The van der Waals surface area contributed by atoms with Gasteiger partial charge in [-0.15, -0.1) is 0 Å². The van der Waals surface area contributed by atoms with Gasteiger partial charge in [0.25, 0.3) is 0 Å². The van der Waals surface area contributed by atoms with Gasteiger partial charge in [-0.2, -0.15) is 0 Å². The minimum absolute atomic E-state index is 0. The zero-order valence-corrected chi connectivity index (χ0v) is 49.9. The maximum atomic E-state index is 11.5. The Bertz CT molecular complexity index is 3770. The van der Waals surface area contributed by atoms with Gasteiger partial charge in [-0.1, -0.05) is 159 Å². The number of aromatic nitrogens is 4. The molecule has 428 valence electrons. The van der Waals surface area contributed by atoms with Crippen molar-refractivity contribution in [1.82, 2.24) is 19.9 Å². The quantitative estimate of drug-likeness (QED) is 0.0590. The molecule has 12 nitrogen and oxygen atoms in total. The van der Waals surface area contributed by atoms with Crippen molar-refractivity contribution in [3.05, 3.63) is 288 Å². The molecule has 12 rings (SSSR count). The standard InChI is InChI=1S/2C37H32N2O4.Mg/c2*1-37(23-22-36(40)41,28-12-18-32(19-13-28)42-24-30-16-10-26-6-2-4-8-34(26)38-30)29-14-20-33(21-15-29)43-25-31-17-11-27-7-3-5-9-35(27)39-31;/h2*2-21H,22-25H2,1H3,(H,40,41);/q;;+2/p-2. The fourth-order valence-corrected chi connectivity index (χ4v) is 10.7. The average molecular weight is 1160 g/mol. The fraction of sp³-hybridized carbons (Fsp3) is 0.162. The molecule has 0 saturated carbocycles. The van der Waals surface area contributed by atoms with Crippen molar-refractivity contribution in [1.29, 1.82) is 0 Å². The Morgan fingerprint density at radius 3 is 0.759 bits per heavy atom. The minimum atomic E-state index is -1.07. The van der Waals surface area contributed by atoms with Crippen molar-refractivity contribution in [2.75, 3.05) is 0 Å². The molecule has 0 radical (unpaired) electrons. The Labute approximate surface area is 521 Å². The molecule has 12 aromatic rings. The maximum Gasteiger partial charge on any atom is 2.00 e. The van der Waals surface area contributed by atoms with Gasteiger partial charge in [0, 0.05) is 44.3 Å². The molecule has 0 spiro atoms. The van der Waals surface area contributed by atoms with Gasteiger partial charge in [-0.3, -0.25) is 0 Å². The van der Waals surface area contributed by atoms with Gasteiger partial charge in [0.05, 0.1) is 44.8 Å². The molecule has 13 heteroatoms. The summed E-state index contributed by atoms with van der Waals surface area (Å²) in [6.07, 6.45) is 0.651. The zero-order valence-electron chi connectivity index (χ0n) is 48.5. The molecule has 8 aromatic carbocycles. The second-order valence-electron chi connectivity index (χ2n) is 21.6. The van der Waals surface area contributed by atoms with Crippen LogP contribution in [-0.4, -0.2) is 54.9 Å². The Kier molecular flexibility index (Phi) is 19.5. The van der Waals surface area contributed by atoms with Crippen LogP contribution in [0.5, 0.6) is 23.0 Å². The molecule has 4 heterocycles. The first-order valence-corrected chi connectivity index (χ1v) is 28.6. The normalized spacial score (nSPS) is 11.3. The molecule has 0 bridgehead atoms. The zero-order chi connectivity index (χ0) is 59.3. The van der Waals surface area contributed by atoms with Crippen LogP contribution in [0.3, 0.4) is 0 Å². The van der Waals surface area contributed by atoms with E-state index in [1.165, 1.54) is 0 Å². The first-order valence-electron chi connectivity index (χ1n) is 28.6. The number of nitrogens with zero attached hydrogens (tertiary/aromatic N) is 4. The van der Waals surface area contributed by atoms with Crippen LogP contribution < -0.4 is 29.2 Å². The average Bonchev–Trinajstić information content (AvgIpc) is 3.45. The Balaban J connectivity index is 0.000000190. The van der Waals surface area contributed by atoms with E-state index in [0.717, 1.165) is 88.6 Å². The second kappa shape index (κ2) is 28.0. The first-order chi connectivity index (χ1) is 41.9. The molecule has 0 aliphatic carbocycles. The van der Waals surface area contributed by atoms with E-state index in [1.807, 2.05) is 243 Å². The topological polar surface area (TPSA) is 169 Å². The Morgan fingerprint density at radius 2 is 0.540 bits per heavy atom. The van der Waals surface area contributed by atoms with E-state index in [-0.39, 0.29) is 35.9 Å². The number of para-hydroxylation sites is 4. The summed E-state index contributed by atoms with van der Waals surface area (Å²) in [5, 5.41) is 27.3. The molecular formula is C74H62MgN4O8. The number of hydrogen-bond donors (Lipinski definition) is 0. The summed E-state index contributed by atoms with van der Waals surface area (Å²) in [4.78, 5) is 41.6. The molecule has 0 atom stereocenters. The molecule has 87 heavy (non-hydrogen) atoms. The Morgan fingerprint density at radius 1 is 0.322 bits per heavy atom. The van der Waals surface area contributed by atoms with E-state index in [0.29, 0.717) is 62.3 Å². The summed E-state index contributed by atoms with van der Waals surface area (Å²) in [5.41, 5.74) is 9.95. The van der Waals surface area contributed by atoms with Crippen LogP contribution in [0.4, 0.5) is 0 Å². The predicted molar refractivity (Wildman–Crippen MR) is 337 cm³/mol. The third-order valence-electron chi connectivity index (χ3n) is 15.8. The smallest absolute Gasteiger partial charge is 0.550 e. The van der Waals surface area contributed by atoms with Crippen LogP contribution in [0.1, 0.15) is 84.6 Å². The molecule has 0 N–H and O–H groups in total. The number of benzene rings is 8. The summed E-state index contributed by atoms with van der Waals surface area (Å²) >= 11 is 0. The van der Waals surface area contributed by atoms with Gasteiger partial charge in [-0.25, -0.2) is 19.9 Å². The van der Waals surface area contributed by atoms with E-state index in [9.17, 15) is 19.8 Å². The van der Waals surface area contributed by atoms with E-state index < -0.39 is 22.8 Å². The fourth-order valence-electron chi connectivity index (χ4n) is 10.7. The van der Waals surface area contributed by atoms with Gasteiger partial charge >= 0.3 is 23.1 Å². The predicted octanol–water partition coefficient (Wildman–Crippen LogP) is 13.2. The molecule has 4 aromatic heterocycles. The molecule has 0 saturated heterocycles. The molecule has 0 amide bonds. The maximum absolute atomic E-state index is 11.5.